The van der Waals surface area contributed by atoms with Gasteiger partial charge in [-0.25, -0.2) is 18.4 Å². The molecule has 0 bridgehead atoms. The van der Waals surface area contributed by atoms with Crippen LogP contribution in [0.1, 0.15) is 17.4 Å². The molecule has 0 unspecified atom stereocenters. The highest BCUT2D eigenvalue weighted by atomic mass is 32.2. The van der Waals surface area contributed by atoms with Gasteiger partial charge in [0, 0.05) is 18.1 Å². The van der Waals surface area contributed by atoms with E-state index in [0.717, 1.165) is 11.8 Å². The normalized spacial score (nSPS) is 12.3. The van der Waals surface area contributed by atoms with Gasteiger partial charge >= 0.3 is 0 Å². The quantitative estimate of drug-likeness (QED) is 0.308. The van der Waals surface area contributed by atoms with Crippen LogP contribution in [-0.2, 0) is 9.84 Å². The molecule has 11 heteroatoms. The second-order valence-corrected chi connectivity index (χ2v) is 9.43. The van der Waals surface area contributed by atoms with E-state index < -0.39 is 15.9 Å². The number of nitrogens with zero attached hydrogens (tertiary/aromatic N) is 4. The lowest BCUT2D eigenvalue weighted by Gasteiger charge is -2.19. The van der Waals surface area contributed by atoms with Crippen LogP contribution < -0.4 is 10.6 Å². The van der Waals surface area contributed by atoms with E-state index in [9.17, 15) is 13.5 Å². The highest BCUT2D eigenvalue weighted by molar-refractivity contribution is 7.90. The Hall–Kier alpha value is -3.83. The molecule has 170 valence electrons. The van der Waals surface area contributed by atoms with E-state index in [1.165, 1.54) is 12.1 Å². The van der Waals surface area contributed by atoms with Crippen molar-refractivity contribution in [1.29, 1.82) is 0 Å². The van der Waals surface area contributed by atoms with Crippen LogP contribution in [-0.4, -0.2) is 51.5 Å². The number of H-pyrrole nitrogens is 1. The number of aromatic amines is 1. The minimum atomic E-state index is -3.29. The molecule has 2 aromatic carbocycles. The van der Waals surface area contributed by atoms with Gasteiger partial charge in [0.15, 0.2) is 15.7 Å². The molecule has 0 aliphatic carbocycles. The summed E-state index contributed by atoms with van der Waals surface area (Å²) >= 11 is 0. The Balaban J connectivity index is 1.67. The molecule has 2 aromatic heterocycles. The molecule has 0 saturated carbocycles. The monoisotopic (exact) mass is 465 g/mol. The second kappa shape index (κ2) is 9.35. The van der Waals surface area contributed by atoms with E-state index in [1.807, 2.05) is 30.3 Å². The second-order valence-electron chi connectivity index (χ2n) is 7.41. The van der Waals surface area contributed by atoms with Gasteiger partial charge in [-0.15, -0.1) is 0 Å². The van der Waals surface area contributed by atoms with Crippen molar-refractivity contribution in [2.45, 2.75) is 17.9 Å². The number of aromatic nitrogens is 5. The molecule has 4 N–H and O–H groups in total. The van der Waals surface area contributed by atoms with Gasteiger partial charge in [0.2, 0.25) is 5.95 Å². The Morgan fingerprint density at radius 1 is 1.06 bits per heavy atom. The topological polar surface area (TPSA) is 146 Å². The third-order valence-electron chi connectivity index (χ3n) is 4.86. The molecule has 0 spiro atoms. The number of benzene rings is 2. The van der Waals surface area contributed by atoms with Crippen molar-refractivity contribution in [3.8, 4) is 11.4 Å². The van der Waals surface area contributed by atoms with Crippen molar-refractivity contribution in [3.05, 3.63) is 72.2 Å². The summed E-state index contributed by atoms with van der Waals surface area (Å²) < 4.78 is 23.4. The van der Waals surface area contributed by atoms with E-state index in [-0.39, 0.29) is 17.5 Å². The maximum absolute atomic E-state index is 11.7. The van der Waals surface area contributed by atoms with Gasteiger partial charge in [0.05, 0.1) is 23.1 Å². The Morgan fingerprint density at radius 2 is 1.79 bits per heavy atom. The summed E-state index contributed by atoms with van der Waals surface area (Å²) in [5.41, 5.74) is 2.07. The van der Waals surface area contributed by atoms with Crippen LogP contribution in [0, 0.1) is 6.92 Å². The molecule has 10 nitrogen and oxygen atoms in total. The fourth-order valence-corrected chi connectivity index (χ4v) is 3.81. The van der Waals surface area contributed by atoms with Gasteiger partial charge in [0.1, 0.15) is 11.6 Å². The van der Waals surface area contributed by atoms with E-state index in [4.69, 9.17) is 0 Å². The zero-order valence-electron chi connectivity index (χ0n) is 18.0. The van der Waals surface area contributed by atoms with Gasteiger partial charge in [-0.1, -0.05) is 30.3 Å². The number of aliphatic hydroxyl groups is 1. The number of hydrogen-bond acceptors (Lipinski definition) is 9. The maximum Gasteiger partial charge on any atom is 0.229 e. The molecular formula is C22H23N7O3S. The summed E-state index contributed by atoms with van der Waals surface area (Å²) in [6.07, 6.45) is 2.74. The molecule has 2 heterocycles. The van der Waals surface area contributed by atoms with Crippen LogP contribution in [0.5, 0.6) is 0 Å². The van der Waals surface area contributed by atoms with Crippen LogP contribution in [0.2, 0.25) is 0 Å². The van der Waals surface area contributed by atoms with Gasteiger partial charge in [-0.2, -0.15) is 10.1 Å². The van der Waals surface area contributed by atoms with Crippen LogP contribution in [0.25, 0.3) is 11.4 Å². The number of nitrogens with one attached hydrogen (secondary N) is 3. The Labute approximate surface area is 191 Å². The predicted molar refractivity (Wildman–Crippen MR) is 125 cm³/mol. The number of aliphatic hydroxyl groups excluding tert-OH is 1. The Morgan fingerprint density at radius 3 is 2.39 bits per heavy atom. The van der Waals surface area contributed by atoms with E-state index in [0.29, 0.717) is 28.7 Å². The fraction of sp³-hybridized carbons (Fsp3) is 0.182. The zero-order chi connectivity index (χ0) is 23.4. The molecule has 0 saturated heterocycles. The number of aryl methyl sites for hydroxylation is 1. The third kappa shape index (κ3) is 5.33. The lowest BCUT2D eigenvalue weighted by Crippen LogP contribution is -2.17. The van der Waals surface area contributed by atoms with Crippen LogP contribution in [0.3, 0.4) is 0 Å². The van der Waals surface area contributed by atoms with Crippen molar-refractivity contribution in [3.63, 3.8) is 0 Å². The van der Waals surface area contributed by atoms with Crippen LogP contribution >= 0.6 is 0 Å². The maximum atomic E-state index is 11.7. The molecule has 4 aromatic rings. The first kappa shape index (κ1) is 22.4. The molecule has 4 rings (SSSR count). The molecule has 0 fully saturated rings. The minimum Gasteiger partial charge on any atom is -0.394 e. The largest absolute Gasteiger partial charge is 0.394 e. The average molecular weight is 466 g/mol. The summed E-state index contributed by atoms with van der Waals surface area (Å²) in [5, 5.41) is 23.3. The summed E-state index contributed by atoms with van der Waals surface area (Å²) in [4.78, 5) is 13.5. The zero-order valence-corrected chi connectivity index (χ0v) is 18.8. The SMILES string of the molecule is Cc1nc(-c2cnc(Nc3ccc(S(C)(=O)=O)cc3)nc2N[C@H](CO)c2ccccc2)n[nH]1. The molecular weight excluding hydrogens is 442 g/mol. The van der Waals surface area contributed by atoms with E-state index in [1.54, 1.807) is 25.3 Å². The first-order valence-electron chi connectivity index (χ1n) is 10.1. The number of hydrogen-bond donors (Lipinski definition) is 4. The molecule has 33 heavy (non-hydrogen) atoms. The minimum absolute atomic E-state index is 0.157. The van der Waals surface area contributed by atoms with Gasteiger partial charge in [-0.3, -0.25) is 5.10 Å². The molecule has 0 aliphatic heterocycles. The standard InChI is InChI=1S/C22H23N7O3S/c1-14-24-21(29-28-14)18-12-23-22(25-16-8-10-17(11-9-16)33(2,31)32)27-20(18)26-19(13-30)15-6-4-3-5-7-15/h3-12,19,30H,13H2,1-2H3,(H,24,28,29)(H2,23,25,26,27)/t19-/m1/s1. The highest BCUT2D eigenvalue weighted by Gasteiger charge is 2.18. The molecule has 1 atom stereocenters. The number of sulfone groups is 1. The average Bonchev–Trinajstić information content (AvgIpc) is 3.24. The third-order valence-corrected chi connectivity index (χ3v) is 5.99. The van der Waals surface area contributed by atoms with Crippen molar-refractivity contribution < 1.29 is 13.5 Å². The number of rotatable bonds is 8. The number of anilines is 3. The molecule has 0 amide bonds. The molecule has 0 radical (unpaired) electrons. The van der Waals surface area contributed by atoms with E-state index in [2.05, 4.69) is 35.8 Å². The smallest absolute Gasteiger partial charge is 0.229 e. The van der Waals surface area contributed by atoms with Crippen molar-refractivity contribution in [2.75, 3.05) is 23.5 Å². The lowest BCUT2D eigenvalue weighted by atomic mass is 10.1. The highest BCUT2D eigenvalue weighted by Crippen LogP contribution is 2.28. The Bertz CT molecular complexity index is 1340. The van der Waals surface area contributed by atoms with Gasteiger partial charge in [-0.05, 0) is 36.8 Å². The van der Waals surface area contributed by atoms with Crippen LogP contribution in [0.4, 0.5) is 17.5 Å². The van der Waals surface area contributed by atoms with E-state index >= 15 is 0 Å². The van der Waals surface area contributed by atoms with Crippen molar-refractivity contribution in [2.24, 2.45) is 0 Å². The fourth-order valence-electron chi connectivity index (χ4n) is 3.18. The summed E-state index contributed by atoms with van der Waals surface area (Å²) in [6, 6.07) is 15.4. The van der Waals surface area contributed by atoms with Gasteiger partial charge < -0.3 is 15.7 Å². The first-order chi connectivity index (χ1) is 15.8. The predicted octanol–water partition coefficient (Wildman–Crippen LogP) is 2.86. The van der Waals surface area contributed by atoms with Crippen molar-refractivity contribution in [1.82, 2.24) is 25.1 Å². The Kier molecular flexibility index (Phi) is 6.33. The van der Waals surface area contributed by atoms with Crippen molar-refractivity contribution >= 4 is 27.3 Å². The summed E-state index contributed by atoms with van der Waals surface area (Å²) in [6.45, 7) is 1.64. The first-order valence-corrected chi connectivity index (χ1v) is 12.0. The summed E-state index contributed by atoms with van der Waals surface area (Å²) in [5.74, 6) is 1.78. The molecule has 0 aliphatic rings. The lowest BCUT2D eigenvalue weighted by molar-refractivity contribution is 0.276. The van der Waals surface area contributed by atoms with Gasteiger partial charge in [0.25, 0.3) is 0 Å². The summed E-state index contributed by atoms with van der Waals surface area (Å²) in [7, 11) is -3.29. The van der Waals surface area contributed by atoms with Crippen LogP contribution in [0.15, 0.2) is 65.7 Å².